The minimum atomic E-state index is 0.0215. The number of aliphatic hydroxyl groups is 1. The molecule has 0 aromatic carbocycles. The molecule has 0 fully saturated rings. The Hall–Kier alpha value is 0.876. The number of methoxy groups -OCH3 is 1. The summed E-state index contributed by atoms with van der Waals surface area (Å²) in [6.45, 7) is 7.35. The molecule has 0 bridgehead atoms. The molecule has 0 aliphatic carbocycles. The van der Waals surface area contributed by atoms with Crippen molar-refractivity contribution in [1.82, 2.24) is 0 Å². The van der Waals surface area contributed by atoms with Crippen LogP contribution >= 0.6 is 19.7 Å². The SMILES string of the molecule is COC(C)(C)C.O=CCOCCOCCO.[I][Os]. The topological polar surface area (TPSA) is 65.0 Å². The molecule has 0 aromatic rings. The summed E-state index contributed by atoms with van der Waals surface area (Å²) in [5, 5.41) is 8.25. The normalized spacial score (nSPS) is 9.72. The van der Waals surface area contributed by atoms with Gasteiger partial charge < -0.3 is 24.1 Å². The van der Waals surface area contributed by atoms with Gasteiger partial charge in [-0.15, -0.1) is 0 Å². The van der Waals surface area contributed by atoms with Crippen LogP contribution in [0, 0.1) is 0 Å². The van der Waals surface area contributed by atoms with Crippen LogP contribution in [-0.2, 0) is 34.1 Å². The second-order valence-electron chi connectivity index (χ2n) is 3.89. The van der Waals surface area contributed by atoms with E-state index in [1.165, 1.54) is 0 Å². The molecule has 0 unspecified atom stereocenters. The standard InChI is InChI=1S/C6H12O4.C5H12O.HI.Os/c7-1-3-9-5-6-10-4-2-8;1-5(2,3)6-4;;/h1,8H,2-6H2;1-4H3;1H;/q;;;+1/p-1. The quantitative estimate of drug-likeness (QED) is 0.295. The van der Waals surface area contributed by atoms with E-state index in [-0.39, 0.29) is 18.8 Å². The van der Waals surface area contributed by atoms with Gasteiger partial charge in [-0.05, 0) is 20.8 Å². The summed E-state index contributed by atoms with van der Waals surface area (Å²) in [7, 11) is 1.71. The zero-order valence-corrected chi connectivity index (χ0v) is 16.1. The molecular formula is C11H24IO5Os. The van der Waals surface area contributed by atoms with Crippen molar-refractivity contribution in [2.24, 2.45) is 0 Å². The van der Waals surface area contributed by atoms with Gasteiger partial charge in [-0.1, -0.05) is 0 Å². The monoisotopic (exact) mass is 555 g/mol. The molecule has 0 atom stereocenters. The number of ether oxygens (including phenoxy) is 3. The Morgan fingerprint density at radius 3 is 1.94 bits per heavy atom. The van der Waals surface area contributed by atoms with Crippen LogP contribution in [0.25, 0.3) is 0 Å². The van der Waals surface area contributed by atoms with Crippen LogP contribution in [0.4, 0.5) is 0 Å². The van der Waals surface area contributed by atoms with Crippen LogP contribution in [0.5, 0.6) is 0 Å². The molecule has 5 nitrogen and oxygen atoms in total. The maximum atomic E-state index is 9.69. The molecule has 0 heterocycles. The van der Waals surface area contributed by atoms with E-state index in [9.17, 15) is 4.79 Å². The fraction of sp³-hybridized carbons (Fsp3) is 0.909. The fourth-order valence-corrected chi connectivity index (χ4v) is 0.416. The molecule has 1 N–H and O–H groups in total. The van der Waals surface area contributed by atoms with Crippen LogP contribution < -0.4 is 0 Å². The summed E-state index contributed by atoms with van der Waals surface area (Å²) in [6.07, 6.45) is 0.687. The van der Waals surface area contributed by atoms with E-state index in [0.29, 0.717) is 26.1 Å². The number of carbonyl (C=O) groups is 1. The van der Waals surface area contributed by atoms with Crippen molar-refractivity contribution in [3.8, 4) is 0 Å². The van der Waals surface area contributed by atoms with Gasteiger partial charge in [-0.25, -0.2) is 0 Å². The van der Waals surface area contributed by atoms with Crippen molar-refractivity contribution in [2.45, 2.75) is 26.4 Å². The summed E-state index contributed by atoms with van der Waals surface area (Å²) in [6, 6.07) is 0. The number of hydrogen-bond acceptors (Lipinski definition) is 5. The first kappa shape index (κ1) is 23.9. The number of hydrogen-bond donors (Lipinski definition) is 1. The van der Waals surface area contributed by atoms with Gasteiger partial charge in [-0.2, -0.15) is 0 Å². The third-order valence-corrected chi connectivity index (χ3v) is 1.41. The van der Waals surface area contributed by atoms with Crippen molar-refractivity contribution < 1.29 is 39.2 Å². The van der Waals surface area contributed by atoms with E-state index in [1.54, 1.807) is 7.11 Å². The molecule has 0 aliphatic heterocycles. The Morgan fingerprint density at radius 1 is 1.17 bits per heavy atom. The predicted molar refractivity (Wildman–Crippen MR) is 75.6 cm³/mol. The maximum absolute atomic E-state index is 9.69. The molecule has 0 aliphatic rings. The molecule has 0 saturated carbocycles. The van der Waals surface area contributed by atoms with E-state index in [0.717, 1.165) is 0 Å². The summed E-state index contributed by atoms with van der Waals surface area (Å²) in [4.78, 5) is 9.69. The summed E-state index contributed by atoms with van der Waals surface area (Å²) >= 11 is 4.01. The molecule has 0 rings (SSSR count). The van der Waals surface area contributed by atoms with Gasteiger partial charge in [0.15, 0.2) is 0 Å². The molecule has 0 saturated heterocycles. The van der Waals surface area contributed by atoms with Crippen molar-refractivity contribution in [3.63, 3.8) is 0 Å². The minimum absolute atomic E-state index is 0.0215. The van der Waals surface area contributed by atoms with Gasteiger partial charge in [0.05, 0.1) is 32.0 Å². The third kappa shape index (κ3) is 36.0. The molecule has 0 aromatic heterocycles. The molecule has 113 valence electrons. The Labute approximate surface area is 131 Å². The van der Waals surface area contributed by atoms with Gasteiger partial charge in [-0.3, -0.25) is 0 Å². The van der Waals surface area contributed by atoms with E-state index in [1.807, 2.05) is 35.8 Å². The van der Waals surface area contributed by atoms with Gasteiger partial charge >= 0.3 is 34.7 Å². The number of aldehydes is 1. The van der Waals surface area contributed by atoms with Crippen LogP contribution in [-0.4, -0.2) is 57.1 Å². The average Bonchev–Trinajstić information content (AvgIpc) is 2.36. The second-order valence-corrected chi connectivity index (χ2v) is 3.89. The first-order chi connectivity index (χ1) is 8.47. The molecular weight excluding hydrogens is 529 g/mol. The molecule has 0 spiro atoms. The van der Waals surface area contributed by atoms with E-state index in [2.05, 4.69) is 19.7 Å². The van der Waals surface area contributed by atoms with Crippen LogP contribution in [0.3, 0.4) is 0 Å². The first-order valence-corrected chi connectivity index (χ1v) is 12.6. The van der Waals surface area contributed by atoms with Gasteiger partial charge in [0.2, 0.25) is 0 Å². The number of rotatable bonds is 7. The zero-order valence-electron chi connectivity index (χ0n) is 11.4. The Morgan fingerprint density at radius 2 is 1.61 bits per heavy atom. The third-order valence-electron chi connectivity index (χ3n) is 1.41. The molecule has 7 heteroatoms. The van der Waals surface area contributed by atoms with Crippen molar-refractivity contribution in [3.05, 3.63) is 0 Å². The van der Waals surface area contributed by atoms with E-state index >= 15 is 0 Å². The summed E-state index contributed by atoms with van der Waals surface area (Å²) in [5.41, 5.74) is 0.0417. The fourth-order valence-electron chi connectivity index (χ4n) is 0.416. The van der Waals surface area contributed by atoms with Crippen LogP contribution in [0.1, 0.15) is 20.8 Å². The van der Waals surface area contributed by atoms with Gasteiger partial charge in [0.1, 0.15) is 12.9 Å². The van der Waals surface area contributed by atoms with Gasteiger partial charge in [0.25, 0.3) is 0 Å². The summed E-state index contributed by atoms with van der Waals surface area (Å²) < 4.78 is 14.5. The second kappa shape index (κ2) is 20.2. The summed E-state index contributed by atoms with van der Waals surface area (Å²) in [5.74, 6) is 0. The van der Waals surface area contributed by atoms with Crippen molar-refractivity contribution >= 4 is 26.0 Å². The average molecular weight is 553 g/mol. The molecule has 0 amide bonds. The Bertz CT molecular complexity index is 153. The Kier molecular flexibility index (Phi) is 26.9. The number of carbonyl (C=O) groups excluding carboxylic acids is 1. The Balaban J connectivity index is -0.000000241. The van der Waals surface area contributed by atoms with Crippen LogP contribution in [0.15, 0.2) is 0 Å². The molecule has 0 radical (unpaired) electrons. The number of aliphatic hydroxyl groups excluding tert-OH is 1. The van der Waals surface area contributed by atoms with E-state index < -0.39 is 0 Å². The van der Waals surface area contributed by atoms with Crippen molar-refractivity contribution in [1.29, 1.82) is 0 Å². The van der Waals surface area contributed by atoms with Crippen LogP contribution in [0.2, 0.25) is 0 Å². The van der Waals surface area contributed by atoms with Gasteiger partial charge in [0, 0.05) is 7.11 Å². The zero-order chi connectivity index (χ0) is 14.9. The van der Waals surface area contributed by atoms with E-state index in [4.69, 9.17) is 19.3 Å². The number of halogens is 1. The predicted octanol–water partition coefficient (Wildman–Crippen LogP) is 1.53. The molecule has 18 heavy (non-hydrogen) atoms. The van der Waals surface area contributed by atoms with Crippen molar-refractivity contribution in [2.75, 3.05) is 40.1 Å². The first-order valence-electron chi connectivity index (χ1n) is 5.36.